The van der Waals surface area contributed by atoms with Crippen molar-refractivity contribution < 1.29 is 9.47 Å². The van der Waals surface area contributed by atoms with Gasteiger partial charge in [-0.2, -0.15) is 0 Å². The van der Waals surface area contributed by atoms with Gasteiger partial charge in [0.05, 0.1) is 0 Å². The second-order valence-electron chi connectivity index (χ2n) is 6.33. The molecule has 0 saturated heterocycles. The Morgan fingerprint density at radius 3 is 2.11 bits per heavy atom. The molecule has 0 radical (unpaired) electrons. The van der Waals surface area contributed by atoms with Crippen molar-refractivity contribution in [3.05, 3.63) is 45.0 Å². The zero-order chi connectivity index (χ0) is 14.1. The van der Waals surface area contributed by atoms with E-state index in [-0.39, 0.29) is 0 Å². The van der Waals surface area contributed by atoms with E-state index >= 15 is 0 Å². The second-order valence-corrected chi connectivity index (χ2v) is 6.33. The number of hydrogen-bond donors (Lipinski definition) is 0. The molecular weight excluding hydrogens is 236 g/mol. The molecule has 0 N–H and O–H groups in total. The van der Waals surface area contributed by atoms with Crippen LogP contribution >= 0.6 is 0 Å². The zero-order valence-electron chi connectivity index (χ0n) is 12.9. The van der Waals surface area contributed by atoms with E-state index in [9.17, 15) is 0 Å². The highest BCUT2D eigenvalue weighted by atomic mass is 16.7. The molecule has 2 heteroatoms. The Hall–Kier alpha value is -1.44. The van der Waals surface area contributed by atoms with Gasteiger partial charge in [-0.3, -0.25) is 0 Å². The molecular formula is C17H22O2. The fourth-order valence-corrected chi connectivity index (χ4v) is 3.31. The highest BCUT2D eigenvalue weighted by Gasteiger charge is 2.44. The number of allylic oxidation sites excluding steroid dienone is 5. The monoisotopic (exact) mass is 258 g/mol. The molecule has 0 amide bonds. The molecule has 19 heavy (non-hydrogen) atoms. The van der Waals surface area contributed by atoms with Crippen molar-refractivity contribution in [1.29, 1.82) is 0 Å². The lowest BCUT2D eigenvalue weighted by Gasteiger charge is -2.24. The summed E-state index contributed by atoms with van der Waals surface area (Å²) in [6.07, 6.45) is 0. The summed E-state index contributed by atoms with van der Waals surface area (Å²) in [4.78, 5) is 0. The molecule has 1 aliphatic heterocycles. The number of ether oxygens (including phenoxy) is 2. The van der Waals surface area contributed by atoms with Gasteiger partial charge in [-0.15, -0.1) is 0 Å². The maximum Gasteiger partial charge on any atom is 0.245 e. The molecule has 0 aromatic heterocycles. The van der Waals surface area contributed by atoms with Crippen molar-refractivity contribution in [2.24, 2.45) is 5.92 Å². The lowest BCUT2D eigenvalue weighted by atomic mass is 9.83. The molecule has 1 heterocycles. The first-order chi connectivity index (χ1) is 8.74. The molecule has 1 unspecified atom stereocenters. The lowest BCUT2D eigenvalue weighted by Crippen LogP contribution is -2.21. The topological polar surface area (TPSA) is 18.5 Å². The van der Waals surface area contributed by atoms with Gasteiger partial charge in [-0.25, -0.2) is 0 Å². The zero-order valence-corrected chi connectivity index (χ0v) is 12.9. The van der Waals surface area contributed by atoms with Gasteiger partial charge in [-0.1, -0.05) is 12.5 Å². The first-order valence-corrected chi connectivity index (χ1v) is 6.97. The fraction of sp³-hybridized carbons (Fsp3) is 0.529. The normalized spacial score (nSPS) is 28.7. The Bertz CT molecular complexity index is 609. The molecule has 2 aliphatic carbocycles. The third-order valence-corrected chi connectivity index (χ3v) is 4.72. The van der Waals surface area contributed by atoms with E-state index in [1.54, 1.807) is 0 Å². The van der Waals surface area contributed by atoms with Crippen molar-refractivity contribution in [1.82, 2.24) is 0 Å². The summed E-state index contributed by atoms with van der Waals surface area (Å²) >= 11 is 0. The van der Waals surface area contributed by atoms with Crippen LogP contribution in [0.1, 0.15) is 48.5 Å². The average molecular weight is 258 g/mol. The van der Waals surface area contributed by atoms with Crippen molar-refractivity contribution in [3.8, 4) is 0 Å². The molecule has 0 aromatic carbocycles. The fourth-order valence-electron chi connectivity index (χ4n) is 3.31. The first kappa shape index (κ1) is 12.6. The van der Waals surface area contributed by atoms with Crippen molar-refractivity contribution in [3.63, 3.8) is 0 Å². The van der Waals surface area contributed by atoms with E-state index in [4.69, 9.17) is 9.47 Å². The molecule has 0 spiro atoms. The van der Waals surface area contributed by atoms with Gasteiger partial charge in [0.15, 0.2) is 11.5 Å². The van der Waals surface area contributed by atoms with Crippen molar-refractivity contribution >= 4 is 0 Å². The highest BCUT2D eigenvalue weighted by Crippen LogP contribution is 2.53. The summed E-state index contributed by atoms with van der Waals surface area (Å²) in [6.45, 7) is 15.0. The number of rotatable bonds is 0. The number of hydrogen-bond acceptors (Lipinski definition) is 2. The second kappa shape index (κ2) is 3.56. The summed E-state index contributed by atoms with van der Waals surface area (Å²) in [6, 6.07) is 0. The van der Waals surface area contributed by atoms with E-state index in [1.807, 2.05) is 13.8 Å². The largest absolute Gasteiger partial charge is 0.453 e. The van der Waals surface area contributed by atoms with E-state index in [0.717, 1.165) is 11.5 Å². The summed E-state index contributed by atoms with van der Waals surface area (Å²) in [5.74, 6) is 1.71. The van der Waals surface area contributed by atoms with E-state index in [1.165, 1.54) is 33.4 Å². The molecule has 0 aromatic rings. The quantitative estimate of drug-likeness (QED) is 0.631. The summed E-state index contributed by atoms with van der Waals surface area (Å²) in [7, 11) is 0. The first-order valence-electron chi connectivity index (χ1n) is 6.97. The van der Waals surface area contributed by atoms with Crippen LogP contribution in [0.4, 0.5) is 0 Å². The van der Waals surface area contributed by atoms with Gasteiger partial charge in [0.1, 0.15) is 0 Å². The molecule has 0 bridgehead atoms. The predicted molar refractivity (Wildman–Crippen MR) is 76.2 cm³/mol. The van der Waals surface area contributed by atoms with Gasteiger partial charge < -0.3 is 9.47 Å². The van der Waals surface area contributed by atoms with Crippen LogP contribution in [0.15, 0.2) is 45.0 Å². The summed E-state index contributed by atoms with van der Waals surface area (Å²) in [5.41, 5.74) is 8.11. The Morgan fingerprint density at radius 2 is 1.47 bits per heavy atom. The highest BCUT2D eigenvalue weighted by molar-refractivity contribution is 5.71. The Kier molecular flexibility index (Phi) is 2.36. The predicted octanol–water partition coefficient (Wildman–Crippen LogP) is 4.61. The van der Waals surface area contributed by atoms with Crippen molar-refractivity contribution in [2.45, 2.75) is 54.3 Å². The van der Waals surface area contributed by atoms with Gasteiger partial charge in [0.2, 0.25) is 5.79 Å². The molecule has 102 valence electrons. The van der Waals surface area contributed by atoms with Crippen LogP contribution in [0.25, 0.3) is 0 Å². The minimum Gasteiger partial charge on any atom is -0.453 e. The minimum atomic E-state index is -0.549. The Labute approximate surface area is 115 Å². The van der Waals surface area contributed by atoms with E-state index < -0.39 is 5.79 Å². The molecule has 1 atom stereocenters. The smallest absolute Gasteiger partial charge is 0.245 e. The molecule has 2 nitrogen and oxygen atoms in total. The van der Waals surface area contributed by atoms with Gasteiger partial charge in [0.25, 0.3) is 0 Å². The maximum absolute atomic E-state index is 6.09. The van der Waals surface area contributed by atoms with Crippen LogP contribution in [0.5, 0.6) is 0 Å². The van der Waals surface area contributed by atoms with Crippen LogP contribution in [-0.2, 0) is 9.47 Å². The standard InChI is InChI=1S/C17H22O2/c1-8-9(2)13-11(4)12(5)15-16(14(13)10(8)3)19-17(6,7)18-15/h12H,1-7H3. The van der Waals surface area contributed by atoms with Crippen LogP contribution < -0.4 is 0 Å². The number of fused-ring (bicyclic) bond motifs is 2. The summed E-state index contributed by atoms with van der Waals surface area (Å²) in [5, 5.41) is 0. The molecule has 0 fully saturated rings. The van der Waals surface area contributed by atoms with Gasteiger partial charge in [-0.05, 0) is 50.0 Å². The Morgan fingerprint density at radius 1 is 0.842 bits per heavy atom. The molecule has 3 aliphatic rings. The van der Waals surface area contributed by atoms with Crippen LogP contribution in [0.3, 0.4) is 0 Å². The maximum atomic E-state index is 6.09. The lowest BCUT2D eigenvalue weighted by molar-refractivity contribution is -0.123. The average Bonchev–Trinajstić information content (AvgIpc) is 2.76. The van der Waals surface area contributed by atoms with Gasteiger partial charge in [0, 0.05) is 25.3 Å². The van der Waals surface area contributed by atoms with Crippen molar-refractivity contribution in [2.75, 3.05) is 0 Å². The SMILES string of the molecule is CC1=C(C)C2=C(C)C(C)C3=C(OC(C)(C)O3)C2=C1C. The van der Waals surface area contributed by atoms with Crippen LogP contribution in [-0.4, -0.2) is 5.79 Å². The van der Waals surface area contributed by atoms with Crippen LogP contribution in [0, 0.1) is 5.92 Å². The van der Waals surface area contributed by atoms with E-state index in [0.29, 0.717) is 5.92 Å². The van der Waals surface area contributed by atoms with E-state index in [2.05, 4.69) is 34.6 Å². The molecule has 0 saturated carbocycles. The van der Waals surface area contributed by atoms with Gasteiger partial charge >= 0.3 is 0 Å². The van der Waals surface area contributed by atoms with Crippen LogP contribution in [0.2, 0.25) is 0 Å². The summed E-state index contributed by atoms with van der Waals surface area (Å²) < 4.78 is 12.1. The minimum absolute atomic E-state index is 0.296. The third kappa shape index (κ3) is 1.49. The molecule has 3 rings (SSSR count). The Balaban J connectivity index is 2.23. The third-order valence-electron chi connectivity index (χ3n) is 4.72.